The van der Waals surface area contributed by atoms with Gasteiger partial charge in [0.25, 0.3) is 0 Å². The fourth-order valence-electron chi connectivity index (χ4n) is 0.945. The Kier molecular flexibility index (Phi) is 3.05. The number of nitrogens with zero attached hydrogens (tertiary/aromatic N) is 2. The van der Waals surface area contributed by atoms with Crippen LogP contribution in [0.25, 0.3) is 0 Å². The second kappa shape index (κ2) is 4.07. The molecule has 0 fully saturated rings. The summed E-state index contributed by atoms with van der Waals surface area (Å²) in [5, 5.41) is 8.74. The standard InChI is InChI=1S/C9H14N2O/c1-3-8(2)4-11-5-9(6-12)10-7-11/h5,7,12H,2-4,6H2,1H3. The van der Waals surface area contributed by atoms with Crippen molar-refractivity contribution in [2.45, 2.75) is 26.5 Å². The molecular formula is C9H14N2O. The van der Waals surface area contributed by atoms with Crippen LogP contribution in [0.5, 0.6) is 0 Å². The van der Waals surface area contributed by atoms with Crippen LogP contribution in [0.15, 0.2) is 24.7 Å². The van der Waals surface area contributed by atoms with Crippen LogP contribution in [0.4, 0.5) is 0 Å². The molecule has 0 aliphatic rings. The second-order valence-electron chi connectivity index (χ2n) is 2.80. The molecule has 1 heterocycles. The topological polar surface area (TPSA) is 38.0 Å². The van der Waals surface area contributed by atoms with Crippen LogP contribution >= 0.6 is 0 Å². The van der Waals surface area contributed by atoms with Gasteiger partial charge in [0, 0.05) is 12.7 Å². The van der Waals surface area contributed by atoms with Crippen molar-refractivity contribution in [3.8, 4) is 0 Å². The summed E-state index contributed by atoms with van der Waals surface area (Å²) >= 11 is 0. The first-order valence-electron chi connectivity index (χ1n) is 4.04. The Morgan fingerprint density at radius 1 is 1.75 bits per heavy atom. The van der Waals surface area contributed by atoms with Gasteiger partial charge in [0.05, 0.1) is 18.6 Å². The summed E-state index contributed by atoms with van der Waals surface area (Å²) in [5.74, 6) is 0. The first-order valence-corrected chi connectivity index (χ1v) is 4.04. The van der Waals surface area contributed by atoms with Crippen LogP contribution in [0.2, 0.25) is 0 Å². The van der Waals surface area contributed by atoms with E-state index in [4.69, 9.17) is 5.11 Å². The van der Waals surface area contributed by atoms with Crippen molar-refractivity contribution in [2.24, 2.45) is 0 Å². The number of hydrogen-bond acceptors (Lipinski definition) is 2. The minimum atomic E-state index is 0.00556. The number of rotatable bonds is 4. The molecule has 1 aromatic heterocycles. The lowest BCUT2D eigenvalue weighted by Gasteiger charge is -2.01. The smallest absolute Gasteiger partial charge is 0.0953 e. The van der Waals surface area contributed by atoms with Gasteiger partial charge in [-0.1, -0.05) is 19.1 Å². The van der Waals surface area contributed by atoms with E-state index in [9.17, 15) is 0 Å². The number of allylic oxidation sites excluding steroid dienone is 1. The summed E-state index contributed by atoms with van der Waals surface area (Å²) < 4.78 is 1.93. The summed E-state index contributed by atoms with van der Waals surface area (Å²) in [5.41, 5.74) is 1.87. The zero-order valence-electron chi connectivity index (χ0n) is 7.32. The molecule has 66 valence electrons. The number of hydrogen-bond donors (Lipinski definition) is 1. The Hall–Kier alpha value is -1.09. The summed E-state index contributed by atoms with van der Waals surface area (Å²) in [4.78, 5) is 3.99. The van der Waals surface area contributed by atoms with Crippen LogP contribution in [0.3, 0.4) is 0 Å². The second-order valence-corrected chi connectivity index (χ2v) is 2.80. The third-order valence-electron chi connectivity index (χ3n) is 1.75. The molecule has 3 nitrogen and oxygen atoms in total. The summed E-state index contributed by atoms with van der Waals surface area (Å²) in [6.07, 6.45) is 4.53. The summed E-state index contributed by atoms with van der Waals surface area (Å²) in [6.45, 7) is 6.77. The molecule has 0 atom stereocenters. The molecule has 0 aromatic carbocycles. The van der Waals surface area contributed by atoms with Crippen molar-refractivity contribution in [3.63, 3.8) is 0 Å². The van der Waals surface area contributed by atoms with E-state index in [0.717, 1.165) is 18.5 Å². The number of aliphatic hydroxyl groups is 1. The van der Waals surface area contributed by atoms with Gasteiger partial charge in [0.15, 0.2) is 0 Å². The molecule has 0 saturated carbocycles. The quantitative estimate of drug-likeness (QED) is 0.685. The molecule has 0 saturated heterocycles. The molecule has 1 aromatic rings. The van der Waals surface area contributed by atoms with Crippen molar-refractivity contribution >= 4 is 0 Å². The van der Waals surface area contributed by atoms with Crippen molar-refractivity contribution < 1.29 is 5.11 Å². The third-order valence-corrected chi connectivity index (χ3v) is 1.75. The fourth-order valence-corrected chi connectivity index (χ4v) is 0.945. The number of aromatic nitrogens is 2. The Morgan fingerprint density at radius 3 is 3.00 bits per heavy atom. The van der Waals surface area contributed by atoms with E-state index in [2.05, 4.69) is 18.5 Å². The molecule has 0 bridgehead atoms. The van der Waals surface area contributed by atoms with Crippen molar-refractivity contribution in [1.29, 1.82) is 0 Å². The van der Waals surface area contributed by atoms with Crippen LogP contribution in [-0.2, 0) is 13.2 Å². The van der Waals surface area contributed by atoms with E-state index in [1.807, 2.05) is 10.8 Å². The van der Waals surface area contributed by atoms with Gasteiger partial charge in [-0.05, 0) is 6.42 Å². The highest BCUT2D eigenvalue weighted by Gasteiger charge is 1.97. The van der Waals surface area contributed by atoms with Crippen molar-refractivity contribution in [3.05, 3.63) is 30.4 Å². The zero-order chi connectivity index (χ0) is 8.97. The van der Waals surface area contributed by atoms with E-state index in [0.29, 0.717) is 5.69 Å². The molecular weight excluding hydrogens is 152 g/mol. The predicted octanol–water partition coefficient (Wildman–Crippen LogP) is 1.34. The van der Waals surface area contributed by atoms with Gasteiger partial charge in [-0.3, -0.25) is 0 Å². The first-order chi connectivity index (χ1) is 5.76. The van der Waals surface area contributed by atoms with Crippen molar-refractivity contribution in [1.82, 2.24) is 9.55 Å². The van der Waals surface area contributed by atoms with E-state index in [1.165, 1.54) is 0 Å². The zero-order valence-corrected chi connectivity index (χ0v) is 7.32. The Morgan fingerprint density at radius 2 is 2.50 bits per heavy atom. The van der Waals surface area contributed by atoms with Crippen LogP contribution in [0.1, 0.15) is 19.0 Å². The molecule has 0 aliphatic carbocycles. The lowest BCUT2D eigenvalue weighted by atomic mass is 10.2. The maximum Gasteiger partial charge on any atom is 0.0953 e. The minimum absolute atomic E-state index is 0.00556. The van der Waals surface area contributed by atoms with E-state index < -0.39 is 0 Å². The lowest BCUT2D eigenvalue weighted by molar-refractivity contribution is 0.277. The highest BCUT2D eigenvalue weighted by atomic mass is 16.3. The molecule has 0 spiro atoms. The van der Waals surface area contributed by atoms with Crippen LogP contribution in [0, 0.1) is 0 Å². The van der Waals surface area contributed by atoms with Gasteiger partial charge in [-0.2, -0.15) is 0 Å². The molecule has 3 heteroatoms. The summed E-state index contributed by atoms with van der Waals surface area (Å²) in [7, 11) is 0. The minimum Gasteiger partial charge on any atom is -0.390 e. The van der Waals surface area contributed by atoms with Gasteiger partial charge in [-0.25, -0.2) is 4.98 Å². The number of imidazole rings is 1. The van der Waals surface area contributed by atoms with Gasteiger partial charge >= 0.3 is 0 Å². The predicted molar refractivity (Wildman–Crippen MR) is 47.6 cm³/mol. The largest absolute Gasteiger partial charge is 0.390 e. The maximum atomic E-state index is 8.74. The number of aliphatic hydroxyl groups excluding tert-OH is 1. The first kappa shape index (κ1) is 9.00. The Bertz CT molecular complexity index is 265. The Balaban J connectivity index is 2.58. The maximum absolute atomic E-state index is 8.74. The van der Waals surface area contributed by atoms with Gasteiger partial charge in [0.2, 0.25) is 0 Å². The molecule has 0 aliphatic heterocycles. The normalized spacial score (nSPS) is 10.2. The van der Waals surface area contributed by atoms with E-state index in [1.54, 1.807) is 6.33 Å². The van der Waals surface area contributed by atoms with Crippen molar-refractivity contribution in [2.75, 3.05) is 0 Å². The molecule has 0 amide bonds. The van der Waals surface area contributed by atoms with Gasteiger partial charge in [-0.15, -0.1) is 0 Å². The monoisotopic (exact) mass is 166 g/mol. The van der Waals surface area contributed by atoms with E-state index in [-0.39, 0.29) is 6.61 Å². The molecule has 1 N–H and O–H groups in total. The van der Waals surface area contributed by atoms with Gasteiger partial charge < -0.3 is 9.67 Å². The molecule has 1 rings (SSSR count). The van der Waals surface area contributed by atoms with E-state index >= 15 is 0 Å². The fraction of sp³-hybridized carbons (Fsp3) is 0.444. The average molecular weight is 166 g/mol. The summed E-state index contributed by atoms with van der Waals surface area (Å²) in [6, 6.07) is 0. The van der Waals surface area contributed by atoms with Gasteiger partial charge in [0.1, 0.15) is 0 Å². The highest BCUT2D eigenvalue weighted by molar-refractivity contribution is 4.99. The third kappa shape index (κ3) is 2.20. The Labute approximate surface area is 72.4 Å². The molecule has 0 unspecified atom stereocenters. The average Bonchev–Trinajstić information content (AvgIpc) is 2.52. The highest BCUT2D eigenvalue weighted by Crippen LogP contribution is 2.03. The molecule has 12 heavy (non-hydrogen) atoms. The SMILES string of the molecule is C=C(CC)Cn1cnc(CO)c1. The lowest BCUT2D eigenvalue weighted by Crippen LogP contribution is -1.96. The van der Waals surface area contributed by atoms with Crippen LogP contribution in [-0.4, -0.2) is 14.7 Å². The van der Waals surface area contributed by atoms with Crippen LogP contribution < -0.4 is 0 Å². The molecule has 0 radical (unpaired) electrons.